The number of hydrogen-bond donors (Lipinski definition) is 1. The predicted molar refractivity (Wildman–Crippen MR) is 60.1 cm³/mol. The van der Waals surface area contributed by atoms with Gasteiger partial charge in [0.1, 0.15) is 11.9 Å². The van der Waals surface area contributed by atoms with Crippen LogP contribution < -0.4 is 5.73 Å². The number of hydrogen-bond acceptors (Lipinski definition) is 3. The summed E-state index contributed by atoms with van der Waals surface area (Å²) in [5.74, 6) is -1.22. The van der Waals surface area contributed by atoms with E-state index in [2.05, 4.69) is 4.74 Å². The van der Waals surface area contributed by atoms with Crippen molar-refractivity contribution < 1.29 is 13.9 Å². The summed E-state index contributed by atoms with van der Waals surface area (Å²) >= 11 is 11.4. The Balaban J connectivity index is 2.93. The smallest absolute Gasteiger partial charge is 0.322 e. The summed E-state index contributed by atoms with van der Waals surface area (Å²) in [4.78, 5) is 11.1. The monoisotopic (exact) mass is 265 g/mol. The van der Waals surface area contributed by atoms with E-state index in [0.717, 1.165) is 6.07 Å². The Hall–Kier alpha value is -0.840. The van der Waals surface area contributed by atoms with E-state index in [1.165, 1.54) is 13.2 Å². The lowest BCUT2D eigenvalue weighted by molar-refractivity contribution is -0.142. The number of halogens is 3. The lowest BCUT2D eigenvalue weighted by Gasteiger charge is -2.11. The Morgan fingerprint density at radius 1 is 1.56 bits per heavy atom. The quantitative estimate of drug-likeness (QED) is 0.673. The number of methoxy groups -OCH3 is 1. The minimum absolute atomic E-state index is 0.0724. The van der Waals surface area contributed by atoms with Crippen molar-refractivity contribution in [2.24, 2.45) is 5.73 Å². The van der Waals surface area contributed by atoms with Crippen LogP contribution in [-0.4, -0.2) is 19.1 Å². The summed E-state index contributed by atoms with van der Waals surface area (Å²) in [6.45, 7) is 0. The molecule has 0 aliphatic carbocycles. The first-order chi connectivity index (χ1) is 7.45. The molecule has 88 valence electrons. The number of benzene rings is 1. The van der Waals surface area contributed by atoms with E-state index in [-0.39, 0.29) is 16.5 Å². The molecule has 6 heteroatoms. The van der Waals surface area contributed by atoms with Gasteiger partial charge in [-0.3, -0.25) is 4.79 Å². The van der Waals surface area contributed by atoms with Crippen LogP contribution in [-0.2, 0) is 16.0 Å². The Morgan fingerprint density at radius 3 is 2.75 bits per heavy atom. The molecule has 0 saturated heterocycles. The molecule has 0 heterocycles. The molecule has 1 atom stereocenters. The van der Waals surface area contributed by atoms with Gasteiger partial charge in [-0.05, 0) is 24.1 Å². The van der Waals surface area contributed by atoms with Gasteiger partial charge in [-0.15, -0.1) is 0 Å². The third-order valence-electron chi connectivity index (χ3n) is 2.01. The number of rotatable bonds is 3. The van der Waals surface area contributed by atoms with Crippen molar-refractivity contribution >= 4 is 29.2 Å². The van der Waals surface area contributed by atoms with E-state index in [1.807, 2.05) is 0 Å². The zero-order valence-electron chi connectivity index (χ0n) is 8.47. The Morgan fingerprint density at radius 2 is 2.19 bits per heavy atom. The zero-order valence-corrected chi connectivity index (χ0v) is 9.98. The van der Waals surface area contributed by atoms with E-state index in [0.29, 0.717) is 5.56 Å². The third-order valence-corrected chi connectivity index (χ3v) is 2.65. The lowest BCUT2D eigenvalue weighted by Crippen LogP contribution is -2.33. The van der Waals surface area contributed by atoms with Crippen LogP contribution in [0.5, 0.6) is 0 Å². The van der Waals surface area contributed by atoms with Crippen molar-refractivity contribution in [3.05, 3.63) is 33.6 Å². The van der Waals surface area contributed by atoms with E-state index in [1.54, 1.807) is 0 Å². The van der Waals surface area contributed by atoms with Gasteiger partial charge in [0.25, 0.3) is 0 Å². The average molecular weight is 266 g/mol. The largest absolute Gasteiger partial charge is 0.468 e. The minimum Gasteiger partial charge on any atom is -0.468 e. The molecule has 1 aromatic rings. The second-order valence-electron chi connectivity index (χ2n) is 3.19. The fourth-order valence-corrected chi connectivity index (χ4v) is 1.64. The van der Waals surface area contributed by atoms with Gasteiger partial charge in [-0.2, -0.15) is 0 Å². The van der Waals surface area contributed by atoms with Crippen LogP contribution in [0.4, 0.5) is 4.39 Å². The van der Waals surface area contributed by atoms with Crippen LogP contribution in [0.3, 0.4) is 0 Å². The normalized spacial score (nSPS) is 12.3. The highest BCUT2D eigenvalue weighted by molar-refractivity contribution is 6.33. The highest BCUT2D eigenvalue weighted by atomic mass is 35.5. The molecule has 0 saturated carbocycles. The molecule has 2 N–H and O–H groups in total. The summed E-state index contributed by atoms with van der Waals surface area (Å²) in [7, 11) is 1.22. The van der Waals surface area contributed by atoms with Crippen LogP contribution in [0, 0.1) is 5.82 Å². The van der Waals surface area contributed by atoms with Gasteiger partial charge < -0.3 is 10.5 Å². The summed E-state index contributed by atoms with van der Waals surface area (Å²) in [5, 5.41) is 0.123. The van der Waals surface area contributed by atoms with Crippen LogP contribution >= 0.6 is 23.2 Å². The highest BCUT2D eigenvalue weighted by Gasteiger charge is 2.17. The molecule has 16 heavy (non-hydrogen) atoms. The number of esters is 1. The fraction of sp³-hybridized carbons (Fsp3) is 0.300. The Kier molecular flexibility index (Phi) is 4.53. The maximum absolute atomic E-state index is 13.2. The van der Waals surface area contributed by atoms with Crippen molar-refractivity contribution in [1.29, 1.82) is 0 Å². The standard InChI is InChI=1S/C10H10Cl2FNO2/c1-16-10(15)8(14)3-5-2-6(11)4-7(13)9(5)12/h2,4,8H,3,14H2,1H3/t8-/m1/s1. The summed E-state index contributed by atoms with van der Waals surface area (Å²) in [6, 6.07) is 1.67. The molecule has 0 unspecified atom stereocenters. The molecule has 0 aliphatic heterocycles. The first-order valence-electron chi connectivity index (χ1n) is 4.42. The van der Waals surface area contributed by atoms with Crippen molar-refractivity contribution in [3.8, 4) is 0 Å². The van der Waals surface area contributed by atoms with Gasteiger partial charge in [0.2, 0.25) is 0 Å². The number of carbonyl (C=O) groups excluding carboxylic acids is 1. The van der Waals surface area contributed by atoms with Crippen molar-refractivity contribution in [1.82, 2.24) is 0 Å². The van der Waals surface area contributed by atoms with Crippen LogP contribution in [0.2, 0.25) is 10.0 Å². The van der Waals surface area contributed by atoms with E-state index >= 15 is 0 Å². The van der Waals surface area contributed by atoms with Crippen molar-refractivity contribution in [2.45, 2.75) is 12.5 Å². The molecular weight excluding hydrogens is 256 g/mol. The van der Waals surface area contributed by atoms with Gasteiger partial charge in [0, 0.05) is 5.02 Å². The molecular formula is C10H10Cl2FNO2. The zero-order chi connectivity index (χ0) is 12.3. The van der Waals surface area contributed by atoms with Crippen LogP contribution in [0.1, 0.15) is 5.56 Å². The van der Waals surface area contributed by atoms with Gasteiger partial charge in [-0.25, -0.2) is 4.39 Å². The predicted octanol–water partition coefficient (Wildman–Crippen LogP) is 2.18. The Labute approximate surface area is 102 Å². The molecule has 0 spiro atoms. The SMILES string of the molecule is COC(=O)[C@H](N)Cc1cc(Cl)cc(F)c1Cl. The molecule has 0 aliphatic rings. The van der Waals surface area contributed by atoms with Gasteiger partial charge in [0.15, 0.2) is 0 Å². The van der Waals surface area contributed by atoms with Crippen molar-refractivity contribution in [3.63, 3.8) is 0 Å². The molecule has 1 aromatic carbocycles. The maximum Gasteiger partial charge on any atom is 0.322 e. The number of nitrogens with two attached hydrogens (primary N) is 1. The molecule has 0 aromatic heterocycles. The topological polar surface area (TPSA) is 52.3 Å². The molecule has 0 radical (unpaired) electrons. The number of ether oxygens (including phenoxy) is 1. The highest BCUT2D eigenvalue weighted by Crippen LogP contribution is 2.25. The number of carbonyl (C=O) groups is 1. The van der Waals surface area contributed by atoms with Gasteiger partial charge in [0.05, 0.1) is 12.1 Å². The fourth-order valence-electron chi connectivity index (χ4n) is 1.23. The second-order valence-corrected chi connectivity index (χ2v) is 4.01. The third kappa shape index (κ3) is 3.07. The summed E-state index contributed by atoms with van der Waals surface area (Å²) < 4.78 is 17.7. The van der Waals surface area contributed by atoms with Crippen molar-refractivity contribution in [2.75, 3.05) is 7.11 Å². The second kappa shape index (κ2) is 5.48. The van der Waals surface area contributed by atoms with E-state index in [9.17, 15) is 9.18 Å². The summed E-state index contributed by atoms with van der Waals surface area (Å²) in [6.07, 6.45) is 0.0724. The average Bonchev–Trinajstić information content (AvgIpc) is 2.23. The first kappa shape index (κ1) is 13.2. The molecule has 0 bridgehead atoms. The first-order valence-corrected chi connectivity index (χ1v) is 5.18. The summed E-state index contributed by atoms with van der Waals surface area (Å²) in [5.41, 5.74) is 5.91. The minimum atomic E-state index is -0.889. The molecule has 0 amide bonds. The molecule has 1 rings (SSSR count). The van der Waals surface area contributed by atoms with Gasteiger partial charge in [-0.1, -0.05) is 23.2 Å². The van der Waals surface area contributed by atoms with Crippen LogP contribution in [0.25, 0.3) is 0 Å². The van der Waals surface area contributed by atoms with Crippen LogP contribution in [0.15, 0.2) is 12.1 Å². The van der Waals surface area contributed by atoms with Gasteiger partial charge >= 0.3 is 5.97 Å². The molecule has 3 nitrogen and oxygen atoms in total. The van der Waals surface area contributed by atoms with E-state index < -0.39 is 17.8 Å². The maximum atomic E-state index is 13.2. The Bertz CT molecular complexity index is 412. The lowest BCUT2D eigenvalue weighted by atomic mass is 10.1. The van der Waals surface area contributed by atoms with E-state index in [4.69, 9.17) is 28.9 Å². The molecule has 0 fully saturated rings.